The van der Waals surface area contributed by atoms with Crippen LogP contribution in [0.1, 0.15) is 26.7 Å². The normalized spacial score (nSPS) is 33.3. The van der Waals surface area contributed by atoms with Gasteiger partial charge < -0.3 is 14.2 Å². The standard InChI is InChI=1S/C14H22O3/c1-5-7-13(3,11-9-15-11)17-14(4,8-6-2)12-10-16-12/h5-6,11-12H,1-2,7-10H2,3-4H3. The van der Waals surface area contributed by atoms with Crippen LogP contribution in [0.5, 0.6) is 0 Å². The number of hydrogen-bond donors (Lipinski definition) is 0. The van der Waals surface area contributed by atoms with Crippen molar-refractivity contribution in [3.05, 3.63) is 25.3 Å². The molecule has 17 heavy (non-hydrogen) atoms. The maximum atomic E-state index is 6.36. The Morgan fingerprint density at radius 3 is 1.65 bits per heavy atom. The van der Waals surface area contributed by atoms with Crippen molar-refractivity contribution in [2.24, 2.45) is 0 Å². The molecule has 96 valence electrons. The van der Waals surface area contributed by atoms with Gasteiger partial charge in [0.25, 0.3) is 0 Å². The topological polar surface area (TPSA) is 34.3 Å². The molecule has 0 bridgehead atoms. The van der Waals surface area contributed by atoms with E-state index in [4.69, 9.17) is 14.2 Å². The molecule has 0 aromatic carbocycles. The average Bonchev–Trinajstić information content (AvgIpc) is 3.10. The monoisotopic (exact) mass is 238 g/mol. The van der Waals surface area contributed by atoms with E-state index in [1.807, 2.05) is 12.2 Å². The molecule has 2 fully saturated rings. The first-order valence-corrected chi connectivity index (χ1v) is 6.19. The number of hydrogen-bond acceptors (Lipinski definition) is 3. The molecule has 3 nitrogen and oxygen atoms in total. The molecule has 0 aromatic rings. The highest BCUT2D eigenvalue weighted by molar-refractivity contribution is 5.04. The average molecular weight is 238 g/mol. The largest absolute Gasteiger partial charge is 0.370 e. The van der Waals surface area contributed by atoms with Gasteiger partial charge in [-0.05, 0) is 26.7 Å². The minimum atomic E-state index is -0.300. The SMILES string of the molecule is C=CCC(C)(OC(C)(CC=C)C1CO1)C1CO1. The van der Waals surface area contributed by atoms with Crippen molar-refractivity contribution in [2.75, 3.05) is 13.2 Å². The van der Waals surface area contributed by atoms with Gasteiger partial charge >= 0.3 is 0 Å². The summed E-state index contributed by atoms with van der Waals surface area (Å²) in [6, 6.07) is 0. The molecule has 0 aliphatic carbocycles. The summed E-state index contributed by atoms with van der Waals surface area (Å²) < 4.78 is 17.2. The lowest BCUT2D eigenvalue weighted by molar-refractivity contribution is -0.157. The first-order valence-electron chi connectivity index (χ1n) is 6.19. The first-order chi connectivity index (χ1) is 8.04. The van der Waals surface area contributed by atoms with Crippen LogP contribution in [0.2, 0.25) is 0 Å². The highest BCUT2D eigenvalue weighted by Gasteiger charge is 2.52. The van der Waals surface area contributed by atoms with Gasteiger partial charge in [-0.25, -0.2) is 0 Å². The molecule has 2 aliphatic rings. The molecule has 2 heterocycles. The Hall–Kier alpha value is -0.640. The van der Waals surface area contributed by atoms with E-state index in [1.165, 1.54) is 0 Å². The third kappa shape index (κ3) is 2.79. The number of epoxide rings is 2. The fourth-order valence-corrected chi connectivity index (χ4v) is 2.38. The van der Waals surface area contributed by atoms with E-state index in [9.17, 15) is 0 Å². The Morgan fingerprint density at radius 1 is 1.06 bits per heavy atom. The van der Waals surface area contributed by atoms with Gasteiger partial charge in [-0.2, -0.15) is 0 Å². The molecule has 0 radical (unpaired) electrons. The highest BCUT2D eigenvalue weighted by atomic mass is 16.6. The van der Waals surface area contributed by atoms with Gasteiger partial charge in [-0.15, -0.1) is 13.2 Å². The minimum Gasteiger partial charge on any atom is -0.370 e. The van der Waals surface area contributed by atoms with Crippen molar-refractivity contribution in [3.63, 3.8) is 0 Å². The molecule has 0 aromatic heterocycles. The molecule has 0 spiro atoms. The lowest BCUT2D eigenvalue weighted by atomic mass is 9.92. The van der Waals surface area contributed by atoms with Crippen LogP contribution < -0.4 is 0 Å². The Labute approximate surface area is 103 Å². The van der Waals surface area contributed by atoms with Crippen molar-refractivity contribution < 1.29 is 14.2 Å². The summed E-state index contributed by atoms with van der Waals surface area (Å²) in [4.78, 5) is 0. The molecule has 2 aliphatic heterocycles. The summed E-state index contributed by atoms with van der Waals surface area (Å²) in [5.41, 5.74) is -0.600. The molecular formula is C14H22O3. The number of rotatable bonds is 8. The molecule has 2 saturated heterocycles. The zero-order valence-corrected chi connectivity index (χ0v) is 10.8. The zero-order chi connectivity index (χ0) is 12.5. The molecule has 0 amide bonds. The van der Waals surface area contributed by atoms with Crippen LogP contribution in [0, 0.1) is 0 Å². The second kappa shape index (κ2) is 4.56. The summed E-state index contributed by atoms with van der Waals surface area (Å²) in [5, 5.41) is 0. The third-order valence-electron chi connectivity index (χ3n) is 3.59. The first kappa shape index (κ1) is 12.8. The van der Waals surface area contributed by atoms with Gasteiger partial charge in [-0.3, -0.25) is 0 Å². The summed E-state index contributed by atoms with van der Waals surface area (Å²) >= 11 is 0. The van der Waals surface area contributed by atoms with Gasteiger partial charge in [0.1, 0.15) is 12.2 Å². The van der Waals surface area contributed by atoms with Crippen molar-refractivity contribution >= 4 is 0 Å². The Morgan fingerprint density at radius 2 is 1.41 bits per heavy atom. The fourth-order valence-electron chi connectivity index (χ4n) is 2.38. The van der Waals surface area contributed by atoms with Crippen LogP contribution in [0.3, 0.4) is 0 Å². The molecule has 3 heteroatoms. The van der Waals surface area contributed by atoms with Gasteiger partial charge in [0.2, 0.25) is 0 Å². The predicted octanol–water partition coefficient (Wildman–Crippen LogP) is 2.47. The number of ether oxygens (including phenoxy) is 3. The van der Waals surface area contributed by atoms with Crippen LogP contribution in [0.25, 0.3) is 0 Å². The smallest absolute Gasteiger partial charge is 0.110 e. The van der Waals surface area contributed by atoms with Gasteiger partial charge in [0, 0.05) is 0 Å². The van der Waals surface area contributed by atoms with E-state index in [0.717, 1.165) is 26.1 Å². The predicted molar refractivity (Wildman–Crippen MR) is 67.0 cm³/mol. The van der Waals surface area contributed by atoms with E-state index in [2.05, 4.69) is 27.0 Å². The fraction of sp³-hybridized carbons (Fsp3) is 0.714. The minimum absolute atomic E-state index is 0.184. The van der Waals surface area contributed by atoms with Crippen molar-refractivity contribution in [1.82, 2.24) is 0 Å². The van der Waals surface area contributed by atoms with Crippen LogP contribution in [-0.4, -0.2) is 36.6 Å². The zero-order valence-electron chi connectivity index (χ0n) is 10.8. The lowest BCUT2D eigenvalue weighted by Gasteiger charge is -2.38. The Bertz CT molecular complexity index is 277. The van der Waals surface area contributed by atoms with Crippen molar-refractivity contribution in [3.8, 4) is 0 Å². The van der Waals surface area contributed by atoms with E-state index >= 15 is 0 Å². The molecule has 4 unspecified atom stereocenters. The summed E-state index contributed by atoms with van der Waals surface area (Å²) in [5.74, 6) is 0. The molecular weight excluding hydrogens is 216 g/mol. The van der Waals surface area contributed by atoms with Gasteiger partial charge in [-0.1, -0.05) is 12.2 Å². The Kier molecular flexibility index (Phi) is 3.43. The highest BCUT2D eigenvalue weighted by Crippen LogP contribution is 2.41. The van der Waals surface area contributed by atoms with Crippen LogP contribution in [0.4, 0.5) is 0 Å². The van der Waals surface area contributed by atoms with E-state index < -0.39 is 0 Å². The summed E-state index contributed by atoms with van der Waals surface area (Å²) in [6.07, 6.45) is 5.73. The lowest BCUT2D eigenvalue weighted by Crippen LogP contribution is -2.47. The Balaban J connectivity index is 2.08. The van der Waals surface area contributed by atoms with Crippen LogP contribution in [0.15, 0.2) is 25.3 Å². The third-order valence-corrected chi connectivity index (χ3v) is 3.59. The molecule has 0 saturated carbocycles. The van der Waals surface area contributed by atoms with Crippen molar-refractivity contribution in [1.29, 1.82) is 0 Å². The molecule has 2 rings (SSSR count). The summed E-state index contributed by atoms with van der Waals surface area (Å²) in [6.45, 7) is 13.4. The van der Waals surface area contributed by atoms with E-state index in [1.54, 1.807) is 0 Å². The van der Waals surface area contributed by atoms with E-state index in [-0.39, 0.29) is 23.4 Å². The van der Waals surface area contributed by atoms with Crippen LogP contribution in [-0.2, 0) is 14.2 Å². The quantitative estimate of drug-likeness (QED) is 0.481. The molecule has 0 N–H and O–H groups in total. The molecule has 4 atom stereocenters. The second-order valence-electron chi connectivity index (χ2n) is 5.36. The second-order valence-corrected chi connectivity index (χ2v) is 5.36. The van der Waals surface area contributed by atoms with Gasteiger partial charge in [0.05, 0.1) is 24.4 Å². The van der Waals surface area contributed by atoms with E-state index in [0.29, 0.717) is 0 Å². The summed E-state index contributed by atoms with van der Waals surface area (Å²) in [7, 11) is 0. The van der Waals surface area contributed by atoms with Gasteiger partial charge in [0.15, 0.2) is 0 Å². The van der Waals surface area contributed by atoms with Crippen LogP contribution >= 0.6 is 0 Å². The maximum Gasteiger partial charge on any atom is 0.110 e. The van der Waals surface area contributed by atoms with Crippen molar-refractivity contribution in [2.45, 2.75) is 50.1 Å². The maximum absolute atomic E-state index is 6.36.